The monoisotopic (exact) mass is 458 g/mol. The second-order valence-corrected chi connectivity index (χ2v) is 7.89. The van der Waals surface area contributed by atoms with Crippen LogP contribution in [-0.2, 0) is 6.61 Å². The summed E-state index contributed by atoms with van der Waals surface area (Å²) in [6.45, 7) is 3.31. The molecule has 1 N–H and O–H groups in total. The zero-order valence-electron chi connectivity index (χ0n) is 18.5. The average Bonchev–Trinajstić information content (AvgIpc) is 3.17. The van der Waals surface area contributed by atoms with Gasteiger partial charge in [0, 0.05) is 17.8 Å². The highest BCUT2D eigenvalue weighted by Crippen LogP contribution is 2.28. The molecule has 0 saturated carbocycles. The van der Waals surface area contributed by atoms with E-state index in [0.29, 0.717) is 34.0 Å². The number of imidazole rings is 1. The number of fused-ring (bicyclic) bond motifs is 2. The number of rotatable bonds is 5. The Morgan fingerprint density at radius 1 is 1.03 bits per heavy atom. The number of carbonyl (C=O) groups excluding carboxylic acids is 1. The highest BCUT2D eigenvalue weighted by molar-refractivity contribution is 6.09. The molecular formula is C26H20F2N4O2. The van der Waals surface area contributed by atoms with E-state index in [2.05, 4.69) is 15.3 Å². The van der Waals surface area contributed by atoms with Crippen molar-refractivity contribution in [3.8, 4) is 5.75 Å². The number of nitrogens with one attached hydrogen (secondary N) is 1. The van der Waals surface area contributed by atoms with Gasteiger partial charge in [-0.3, -0.25) is 14.2 Å². The Bertz CT molecular complexity index is 1540. The van der Waals surface area contributed by atoms with Gasteiger partial charge in [0.05, 0.1) is 22.5 Å². The summed E-state index contributed by atoms with van der Waals surface area (Å²) >= 11 is 0. The fourth-order valence-corrected chi connectivity index (χ4v) is 3.94. The molecule has 1 amide bonds. The van der Waals surface area contributed by atoms with Crippen LogP contribution in [0.3, 0.4) is 0 Å². The Hall–Kier alpha value is -4.33. The Labute approximate surface area is 193 Å². The lowest BCUT2D eigenvalue weighted by Crippen LogP contribution is -2.17. The molecule has 0 aliphatic heterocycles. The molecule has 0 fully saturated rings. The number of amides is 1. The van der Waals surface area contributed by atoms with Crippen LogP contribution in [0.15, 0.2) is 67.0 Å². The van der Waals surface area contributed by atoms with E-state index < -0.39 is 11.6 Å². The summed E-state index contributed by atoms with van der Waals surface area (Å²) in [4.78, 5) is 22.3. The van der Waals surface area contributed by atoms with E-state index in [1.165, 1.54) is 18.2 Å². The van der Waals surface area contributed by atoms with Crippen molar-refractivity contribution in [1.82, 2.24) is 14.4 Å². The topological polar surface area (TPSA) is 68.5 Å². The molecule has 0 bridgehead atoms. The van der Waals surface area contributed by atoms with Crippen LogP contribution in [0.5, 0.6) is 5.75 Å². The lowest BCUT2D eigenvalue weighted by molar-refractivity contribution is 0.102. The fraction of sp³-hybridized carbons (Fsp3) is 0.115. The van der Waals surface area contributed by atoms with E-state index in [0.717, 1.165) is 10.9 Å². The number of ether oxygens (including phenoxy) is 1. The maximum Gasteiger partial charge on any atom is 0.274 e. The number of aromatic nitrogens is 3. The van der Waals surface area contributed by atoms with Crippen molar-refractivity contribution in [3.05, 3.63) is 101 Å². The molecule has 5 rings (SSSR count). The fourth-order valence-electron chi connectivity index (χ4n) is 3.94. The summed E-state index contributed by atoms with van der Waals surface area (Å²) in [5.41, 5.74) is 3.20. The number of halogens is 2. The van der Waals surface area contributed by atoms with E-state index in [-0.39, 0.29) is 18.1 Å². The van der Waals surface area contributed by atoms with Gasteiger partial charge in [-0.1, -0.05) is 24.3 Å². The van der Waals surface area contributed by atoms with E-state index >= 15 is 0 Å². The Morgan fingerprint density at radius 3 is 2.62 bits per heavy atom. The summed E-state index contributed by atoms with van der Waals surface area (Å²) in [5, 5.41) is 3.89. The number of benzene rings is 2. The summed E-state index contributed by atoms with van der Waals surface area (Å²) in [6, 6.07) is 14.6. The van der Waals surface area contributed by atoms with Gasteiger partial charge in [0.2, 0.25) is 0 Å². The van der Waals surface area contributed by atoms with Gasteiger partial charge < -0.3 is 10.1 Å². The van der Waals surface area contributed by atoms with Gasteiger partial charge in [-0.25, -0.2) is 13.8 Å². The van der Waals surface area contributed by atoms with Crippen LogP contribution in [0.4, 0.5) is 14.5 Å². The number of hydrogen-bond acceptors (Lipinski definition) is 4. The van der Waals surface area contributed by atoms with Crippen molar-refractivity contribution in [3.63, 3.8) is 0 Å². The molecule has 34 heavy (non-hydrogen) atoms. The second-order valence-electron chi connectivity index (χ2n) is 7.89. The Kier molecular flexibility index (Phi) is 5.41. The van der Waals surface area contributed by atoms with E-state index in [1.807, 2.05) is 31.2 Å². The van der Waals surface area contributed by atoms with Gasteiger partial charge in [0.1, 0.15) is 23.9 Å². The van der Waals surface area contributed by atoms with Crippen molar-refractivity contribution < 1.29 is 18.3 Å². The molecule has 3 aromatic heterocycles. The number of hydrogen-bond donors (Lipinski definition) is 1. The standard InChI is InChI=1S/C26H20F2N4O2/c1-15-10-11-17-6-4-12-29-23(17)22(15)31-26(33)24-16(2)30-25-21(9-5-13-32(24)25)34-14-18-19(27)7-3-8-20(18)28/h3-13H,14H2,1-2H3,(H,31,33). The maximum atomic E-state index is 14.0. The molecule has 0 unspecified atom stereocenters. The van der Waals surface area contributed by atoms with Crippen molar-refractivity contribution in [2.45, 2.75) is 20.5 Å². The van der Waals surface area contributed by atoms with Crippen LogP contribution in [0, 0.1) is 25.5 Å². The first-order valence-electron chi connectivity index (χ1n) is 10.6. The summed E-state index contributed by atoms with van der Waals surface area (Å²) in [6.07, 6.45) is 3.37. The molecule has 0 saturated heterocycles. The Morgan fingerprint density at radius 2 is 1.82 bits per heavy atom. The minimum atomic E-state index is -0.689. The molecule has 6 nitrogen and oxygen atoms in total. The molecule has 0 radical (unpaired) electrons. The van der Waals surface area contributed by atoms with Crippen molar-refractivity contribution in [2.24, 2.45) is 0 Å². The predicted octanol–water partition coefficient (Wildman–Crippen LogP) is 5.61. The van der Waals surface area contributed by atoms with E-state index in [9.17, 15) is 13.6 Å². The van der Waals surface area contributed by atoms with Gasteiger partial charge >= 0.3 is 0 Å². The smallest absolute Gasteiger partial charge is 0.274 e. The summed E-state index contributed by atoms with van der Waals surface area (Å²) in [7, 11) is 0. The van der Waals surface area contributed by atoms with Gasteiger partial charge in [-0.2, -0.15) is 0 Å². The predicted molar refractivity (Wildman–Crippen MR) is 125 cm³/mol. The van der Waals surface area contributed by atoms with Crippen LogP contribution >= 0.6 is 0 Å². The minimum absolute atomic E-state index is 0.176. The largest absolute Gasteiger partial charge is 0.485 e. The van der Waals surface area contributed by atoms with Crippen LogP contribution in [0.25, 0.3) is 16.6 Å². The maximum absolute atomic E-state index is 14.0. The third-order valence-corrected chi connectivity index (χ3v) is 5.66. The zero-order chi connectivity index (χ0) is 23.8. The molecule has 0 aliphatic carbocycles. The molecule has 0 spiro atoms. The first-order valence-corrected chi connectivity index (χ1v) is 10.6. The minimum Gasteiger partial charge on any atom is -0.485 e. The van der Waals surface area contributed by atoms with Crippen LogP contribution < -0.4 is 10.1 Å². The molecule has 0 aliphatic rings. The van der Waals surface area contributed by atoms with Crippen LogP contribution in [0.1, 0.15) is 27.3 Å². The lowest BCUT2D eigenvalue weighted by atomic mass is 10.1. The van der Waals surface area contributed by atoms with Gasteiger partial charge in [-0.05, 0) is 49.7 Å². The van der Waals surface area contributed by atoms with Crippen LogP contribution in [-0.4, -0.2) is 20.3 Å². The number of anilines is 1. The van der Waals surface area contributed by atoms with E-state index in [1.54, 1.807) is 35.9 Å². The zero-order valence-corrected chi connectivity index (χ0v) is 18.5. The third-order valence-electron chi connectivity index (χ3n) is 5.66. The van der Waals surface area contributed by atoms with Crippen molar-refractivity contribution in [1.29, 1.82) is 0 Å². The Balaban J connectivity index is 1.49. The molecule has 3 heterocycles. The molecule has 5 aromatic rings. The number of pyridine rings is 2. The second kappa shape index (κ2) is 8.55. The van der Waals surface area contributed by atoms with Crippen LogP contribution in [0.2, 0.25) is 0 Å². The molecule has 170 valence electrons. The molecule has 2 aromatic carbocycles. The molecule has 8 heteroatoms. The highest BCUT2D eigenvalue weighted by atomic mass is 19.1. The SMILES string of the molecule is Cc1ccc2cccnc2c1NC(=O)c1c(C)nc2c(OCc3c(F)cccc3F)cccn12. The first-order chi connectivity index (χ1) is 16.4. The number of nitrogens with zero attached hydrogens (tertiary/aromatic N) is 3. The highest BCUT2D eigenvalue weighted by Gasteiger charge is 2.21. The van der Waals surface area contributed by atoms with Gasteiger partial charge in [0.25, 0.3) is 5.91 Å². The summed E-state index contributed by atoms with van der Waals surface area (Å²) < 4.78 is 35.3. The molecule has 0 atom stereocenters. The van der Waals surface area contributed by atoms with Crippen molar-refractivity contribution in [2.75, 3.05) is 5.32 Å². The van der Waals surface area contributed by atoms with Gasteiger partial charge in [-0.15, -0.1) is 0 Å². The lowest BCUT2D eigenvalue weighted by Gasteiger charge is -2.12. The number of carbonyl (C=O) groups is 1. The number of aryl methyl sites for hydroxylation is 2. The third kappa shape index (κ3) is 3.73. The summed E-state index contributed by atoms with van der Waals surface area (Å²) in [5.74, 6) is -1.44. The average molecular weight is 458 g/mol. The molecular weight excluding hydrogens is 438 g/mol. The first kappa shape index (κ1) is 21.5. The quantitative estimate of drug-likeness (QED) is 0.372. The van der Waals surface area contributed by atoms with Gasteiger partial charge in [0.15, 0.2) is 11.4 Å². The van der Waals surface area contributed by atoms with E-state index in [4.69, 9.17) is 4.74 Å². The normalized spacial score (nSPS) is 11.2. The van der Waals surface area contributed by atoms with Crippen molar-refractivity contribution >= 4 is 28.1 Å².